The number of nitrogens with one attached hydrogen (secondary N) is 1. The molecule has 0 fully saturated rings. The second-order valence-corrected chi connectivity index (χ2v) is 5.32. The van der Waals surface area contributed by atoms with Crippen molar-refractivity contribution in [3.63, 3.8) is 0 Å². The fraction of sp³-hybridized carbons (Fsp3) is 0.214. The molecule has 0 saturated carbocycles. The van der Waals surface area contributed by atoms with Crippen LogP contribution in [0.25, 0.3) is 0 Å². The Balaban J connectivity index is 2.26. The zero-order valence-corrected chi connectivity index (χ0v) is 11.3. The Labute approximate surface area is 115 Å². The average Bonchev–Trinajstić information content (AvgIpc) is 2.86. The summed E-state index contributed by atoms with van der Waals surface area (Å²) in [6.45, 7) is 2.04. The van der Waals surface area contributed by atoms with E-state index in [-0.39, 0.29) is 5.69 Å². The summed E-state index contributed by atoms with van der Waals surface area (Å²) < 4.78 is 13.6. The SMILES string of the molecule is CCc1ccc(C(Nc2ccccc2F)C(N)=O)s1. The van der Waals surface area contributed by atoms with E-state index in [4.69, 9.17) is 5.73 Å². The molecule has 3 nitrogen and oxygen atoms in total. The second-order valence-electron chi connectivity index (χ2n) is 4.12. The third kappa shape index (κ3) is 3.12. The number of carbonyl (C=O) groups excluding carboxylic acids is 1. The Kier molecular flexibility index (Phi) is 4.16. The van der Waals surface area contributed by atoms with E-state index >= 15 is 0 Å². The Hall–Kier alpha value is -1.88. The quantitative estimate of drug-likeness (QED) is 0.883. The maximum atomic E-state index is 13.6. The van der Waals surface area contributed by atoms with Crippen molar-refractivity contribution >= 4 is 22.9 Å². The summed E-state index contributed by atoms with van der Waals surface area (Å²) in [5.41, 5.74) is 5.68. The first kappa shape index (κ1) is 13.5. The molecule has 1 unspecified atom stereocenters. The molecule has 0 spiro atoms. The number of thiophene rings is 1. The molecule has 1 heterocycles. The van der Waals surface area contributed by atoms with E-state index < -0.39 is 17.8 Å². The van der Waals surface area contributed by atoms with Gasteiger partial charge in [-0.15, -0.1) is 11.3 Å². The van der Waals surface area contributed by atoms with Gasteiger partial charge in [0.1, 0.15) is 11.9 Å². The van der Waals surface area contributed by atoms with Crippen molar-refractivity contribution in [1.29, 1.82) is 0 Å². The molecular formula is C14H15FN2OS. The predicted molar refractivity (Wildman–Crippen MR) is 75.7 cm³/mol. The van der Waals surface area contributed by atoms with Gasteiger partial charge in [0, 0.05) is 9.75 Å². The molecule has 0 aliphatic heterocycles. The lowest BCUT2D eigenvalue weighted by Gasteiger charge is -2.15. The zero-order valence-electron chi connectivity index (χ0n) is 10.5. The number of halogens is 1. The Morgan fingerprint density at radius 1 is 1.37 bits per heavy atom. The van der Waals surface area contributed by atoms with E-state index in [2.05, 4.69) is 5.32 Å². The van der Waals surface area contributed by atoms with Gasteiger partial charge in [0.25, 0.3) is 0 Å². The first-order chi connectivity index (χ1) is 9.11. The number of hydrogen-bond acceptors (Lipinski definition) is 3. The van der Waals surface area contributed by atoms with Crippen LogP contribution < -0.4 is 11.1 Å². The van der Waals surface area contributed by atoms with Gasteiger partial charge < -0.3 is 11.1 Å². The number of carbonyl (C=O) groups is 1. The molecule has 5 heteroatoms. The maximum absolute atomic E-state index is 13.6. The van der Waals surface area contributed by atoms with Crippen LogP contribution in [0.3, 0.4) is 0 Å². The number of benzene rings is 1. The molecule has 0 aliphatic carbocycles. The molecule has 100 valence electrons. The minimum absolute atomic E-state index is 0.276. The van der Waals surface area contributed by atoms with Crippen LogP contribution in [0, 0.1) is 5.82 Å². The molecule has 1 aromatic heterocycles. The lowest BCUT2D eigenvalue weighted by molar-refractivity contribution is -0.118. The van der Waals surface area contributed by atoms with E-state index in [0.717, 1.165) is 16.2 Å². The number of aryl methyl sites for hydroxylation is 1. The Morgan fingerprint density at radius 2 is 2.11 bits per heavy atom. The number of para-hydroxylation sites is 1. The van der Waals surface area contributed by atoms with Gasteiger partial charge in [0.15, 0.2) is 0 Å². The van der Waals surface area contributed by atoms with Crippen LogP contribution in [-0.4, -0.2) is 5.91 Å². The normalized spacial score (nSPS) is 12.1. The molecular weight excluding hydrogens is 263 g/mol. The minimum atomic E-state index is -0.706. The third-order valence-corrected chi connectivity index (χ3v) is 4.07. The molecule has 0 bridgehead atoms. The molecule has 19 heavy (non-hydrogen) atoms. The van der Waals surface area contributed by atoms with E-state index in [0.29, 0.717) is 0 Å². The molecule has 0 saturated heterocycles. The van der Waals surface area contributed by atoms with E-state index in [1.54, 1.807) is 18.2 Å². The lowest BCUT2D eigenvalue weighted by atomic mass is 10.2. The van der Waals surface area contributed by atoms with Crippen molar-refractivity contribution in [2.45, 2.75) is 19.4 Å². The molecule has 1 atom stereocenters. The monoisotopic (exact) mass is 278 g/mol. The summed E-state index contributed by atoms with van der Waals surface area (Å²) in [5, 5.41) is 2.86. The van der Waals surface area contributed by atoms with Crippen LogP contribution >= 0.6 is 11.3 Å². The number of rotatable bonds is 5. The Bertz CT molecular complexity index is 582. The highest BCUT2D eigenvalue weighted by Crippen LogP contribution is 2.27. The molecule has 1 aromatic carbocycles. The van der Waals surface area contributed by atoms with Crippen molar-refractivity contribution in [3.8, 4) is 0 Å². The summed E-state index contributed by atoms with van der Waals surface area (Å²) in [6, 6.07) is 9.33. The highest BCUT2D eigenvalue weighted by molar-refractivity contribution is 7.12. The fourth-order valence-electron chi connectivity index (χ4n) is 1.76. The zero-order chi connectivity index (χ0) is 13.8. The standard InChI is InChI=1S/C14H15FN2OS/c1-2-9-7-8-12(19-9)13(14(16)18)17-11-6-4-3-5-10(11)15/h3-8,13,17H,2H2,1H3,(H2,16,18). The van der Waals surface area contributed by atoms with Crippen LogP contribution in [0.1, 0.15) is 22.7 Å². The predicted octanol–water partition coefficient (Wildman–Crippen LogP) is 3.09. The summed E-state index contributed by atoms with van der Waals surface area (Å²) >= 11 is 1.51. The van der Waals surface area contributed by atoms with Gasteiger partial charge >= 0.3 is 0 Å². The van der Waals surface area contributed by atoms with Gasteiger partial charge in [-0.2, -0.15) is 0 Å². The molecule has 2 aromatic rings. The Morgan fingerprint density at radius 3 is 2.68 bits per heavy atom. The average molecular weight is 278 g/mol. The topological polar surface area (TPSA) is 55.1 Å². The second kappa shape index (κ2) is 5.84. The number of hydrogen-bond donors (Lipinski definition) is 2. The van der Waals surface area contributed by atoms with Gasteiger partial charge in [-0.05, 0) is 30.7 Å². The molecule has 0 radical (unpaired) electrons. The number of nitrogens with two attached hydrogens (primary N) is 1. The summed E-state index contributed by atoms with van der Waals surface area (Å²) in [6.07, 6.45) is 0.899. The first-order valence-electron chi connectivity index (χ1n) is 6.00. The third-order valence-electron chi connectivity index (χ3n) is 2.77. The number of anilines is 1. The van der Waals surface area contributed by atoms with Crippen molar-refractivity contribution in [3.05, 3.63) is 52.0 Å². The van der Waals surface area contributed by atoms with Crippen molar-refractivity contribution in [1.82, 2.24) is 0 Å². The van der Waals surface area contributed by atoms with Gasteiger partial charge in [0.05, 0.1) is 5.69 Å². The van der Waals surface area contributed by atoms with Crippen LogP contribution in [0.5, 0.6) is 0 Å². The van der Waals surface area contributed by atoms with E-state index in [1.807, 2.05) is 19.1 Å². The fourth-order valence-corrected chi connectivity index (χ4v) is 2.77. The van der Waals surface area contributed by atoms with E-state index in [9.17, 15) is 9.18 Å². The van der Waals surface area contributed by atoms with Crippen molar-refractivity contribution in [2.24, 2.45) is 5.73 Å². The van der Waals surface area contributed by atoms with Crippen LogP contribution in [0.15, 0.2) is 36.4 Å². The highest BCUT2D eigenvalue weighted by atomic mass is 32.1. The smallest absolute Gasteiger partial charge is 0.245 e. The summed E-state index contributed by atoms with van der Waals surface area (Å²) in [5.74, 6) is -0.922. The van der Waals surface area contributed by atoms with Gasteiger partial charge in [-0.3, -0.25) is 4.79 Å². The largest absolute Gasteiger partial charge is 0.368 e. The number of primary amides is 1. The maximum Gasteiger partial charge on any atom is 0.245 e. The van der Waals surface area contributed by atoms with Crippen LogP contribution in [0.2, 0.25) is 0 Å². The van der Waals surface area contributed by atoms with Gasteiger partial charge in [-0.1, -0.05) is 19.1 Å². The highest BCUT2D eigenvalue weighted by Gasteiger charge is 2.20. The van der Waals surface area contributed by atoms with Crippen LogP contribution in [-0.2, 0) is 11.2 Å². The van der Waals surface area contributed by atoms with Gasteiger partial charge in [-0.25, -0.2) is 4.39 Å². The van der Waals surface area contributed by atoms with E-state index in [1.165, 1.54) is 17.4 Å². The molecule has 2 rings (SSSR count). The molecule has 3 N–H and O–H groups in total. The summed E-state index contributed by atoms with van der Waals surface area (Å²) in [4.78, 5) is 13.5. The summed E-state index contributed by atoms with van der Waals surface area (Å²) in [7, 11) is 0. The van der Waals surface area contributed by atoms with Crippen molar-refractivity contribution < 1.29 is 9.18 Å². The number of amides is 1. The lowest BCUT2D eigenvalue weighted by Crippen LogP contribution is -2.27. The van der Waals surface area contributed by atoms with Gasteiger partial charge in [0.2, 0.25) is 5.91 Å². The first-order valence-corrected chi connectivity index (χ1v) is 6.82. The molecule has 0 aliphatic rings. The minimum Gasteiger partial charge on any atom is -0.368 e. The van der Waals surface area contributed by atoms with Crippen molar-refractivity contribution in [2.75, 3.05) is 5.32 Å². The molecule has 1 amide bonds. The van der Waals surface area contributed by atoms with Crippen LogP contribution in [0.4, 0.5) is 10.1 Å².